The van der Waals surface area contributed by atoms with Crippen molar-refractivity contribution in [1.82, 2.24) is 4.98 Å². The number of nitrogens with zero attached hydrogens (tertiary/aromatic N) is 1. The van der Waals surface area contributed by atoms with E-state index in [0.717, 1.165) is 34.7 Å². The van der Waals surface area contributed by atoms with E-state index in [0.29, 0.717) is 0 Å². The van der Waals surface area contributed by atoms with Crippen molar-refractivity contribution < 1.29 is 0 Å². The number of halogens is 1. The predicted molar refractivity (Wildman–Crippen MR) is 117 cm³/mol. The number of fused-ring (bicyclic) bond motifs is 4. The summed E-state index contributed by atoms with van der Waals surface area (Å²) in [7, 11) is 0. The summed E-state index contributed by atoms with van der Waals surface area (Å²) in [6, 6.07) is 11.3. The van der Waals surface area contributed by atoms with Gasteiger partial charge in [0, 0.05) is 40.9 Å². The van der Waals surface area contributed by atoms with Gasteiger partial charge in [0.1, 0.15) is 5.54 Å². The number of benzene rings is 1. The summed E-state index contributed by atoms with van der Waals surface area (Å²) in [6.07, 6.45) is 12.0. The van der Waals surface area contributed by atoms with Crippen molar-refractivity contribution in [2.24, 2.45) is 10.9 Å². The number of aliphatic imine (C=N–C) groups is 1. The van der Waals surface area contributed by atoms with E-state index in [1.807, 2.05) is 48.7 Å². The summed E-state index contributed by atoms with van der Waals surface area (Å²) < 4.78 is 0. The first kappa shape index (κ1) is 18.7. The molecule has 2 bridgehead atoms. The number of nitrogens with one attached hydrogen (secondary N) is 1. The Kier molecular flexibility index (Phi) is 4.94. The first-order chi connectivity index (χ1) is 13.5. The molecular weight excluding hydrogens is 368 g/mol. The highest BCUT2D eigenvalue weighted by Crippen LogP contribution is 2.51. The molecule has 1 aromatic heterocycles. The van der Waals surface area contributed by atoms with E-state index in [4.69, 9.17) is 16.6 Å². The quantitative estimate of drug-likeness (QED) is 0.547. The van der Waals surface area contributed by atoms with Gasteiger partial charge in [-0.15, -0.1) is 0 Å². The molecule has 4 heteroatoms. The second kappa shape index (κ2) is 7.40. The van der Waals surface area contributed by atoms with Gasteiger partial charge in [-0.05, 0) is 55.7 Å². The maximum absolute atomic E-state index is 11.9. The molecule has 0 spiro atoms. The van der Waals surface area contributed by atoms with Gasteiger partial charge in [0.15, 0.2) is 0 Å². The lowest BCUT2D eigenvalue weighted by molar-refractivity contribution is 0.413. The lowest BCUT2D eigenvalue weighted by Gasteiger charge is -2.45. The Morgan fingerprint density at radius 2 is 2.14 bits per heavy atom. The molecule has 1 N–H and O–H groups in total. The highest BCUT2D eigenvalue weighted by molar-refractivity contribution is 6.30. The van der Waals surface area contributed by atoms with Gasteiger partial charge in [0.05, 0.1) is 0 Å². The van der Waals surface area contributed by atoms with E-state index in [-0.39, 0.29) is 11.5 Å². The number of aromatic nitrogens is 1. The van der Waals surface area contributed by atoms with Gasteiger partial charge in [-0.1, -0.05) is 47.5 Å². The van der Waals surface area contributed by atoms with Crippen LogP contribution in [0.1, 0.15) is 37.1 Å². The number of rotatable bonds is 3. The van der Waals surface area contributed by atoms with Gasteiger partial charge in [-0.25, -0.2) is 0 Å². The van der Waals surface area contributed by atoms with Crippen LogP contribution in [0.25, 0.3) is 6.08 Å². The first-order valence-electron chi connectivity index (χ1n) is 9.56. The highest BCUT2D eigenvalue weighted by Gasteiger charge is 2.46. The van der Waals surface area contributed by atoms with Gasteiger partial charge in [0.25, 0.3) is 0 Å². The Morgan fingerprint density at radius 1 is 1.29 bits per heavy atom. The Morgan fingerprint density at radius 3 is 2.93 bits per heavy atom. The fourth-order valence-corrected chi connectivity index (χ4v) is 4.79. The zero-order valence-corrected chi connectivity index (χ0v) is 16.8. The maximum atomic E-state index is 11.9. The zero-order valence-electron chi connectivity index (χ0n) is 16.1. The smallest absolute Gasteiger partial charge is 0.248 e. The standard InChI is InChI=1S/C24H23ClN2O/c1-3-20-18-12-16(2)15-24(20,21-9-10-23(28)27-22(21)14-18)26-11-5-7-17-6-4-8-19(25)13-17/h3-13,18H,14-15H2,1-2H3,(H,27,28)/t18-,24+/m0/s1. The van der Waals surface area contributed by atoms with E-state index in [1.165, 1.54) is 11.1 Å². The van der Waals surface area contributed by atoms with Crippen LogP contribution in [0.3, 0.4) is 0 Å². The number of pyridine rings is 1. The lowest BCUT2D eigenvalue weighted by Crippen LogP contribution is -2.40. The van der Waals surface area contributed by atoms with Crippen LogP contribution < -0.4 is 5.56 Å². The minimum absolute atomic E-state index is 0.0542. The minimum Gasteiger partial charge on any atom is -0.326 e. The second-order valence-electron chi connectivity index (χ2n) is 7.51. The maximum Gasteiger partial charge on any atom is 0.248 e. The summed E-state index contributed by atoms with van der Waals surface area (Å²) in [5.41, 5.74) is 5.29. The van der Waals surface area contributed by atoms with Crippen molar-refractivity contribution in [2.45, 2.75) is 32.2 Å². The normalized spacial score (nSPS) is 25.3. The topological polar surface area (TPSA) is 45.2 Å². The van der Waals surface area contributed by atoms with Crippen molar-refractivity contribution in [3.05, 3.63) is 98.0 Å². The van der Waals surface area contributed by atoms with E-state index < -0.39 is 5.54 Å². The average Bonchev–Trinajstić information content (AvgIpc) is 2.64. The molecule has 0 aliphatic heterocycles. The molecule has 1 heterocycles. The lowest BCUT2D eigenvalue weighted by atomic mass is 9.63. The van der Waals surface area contributed by atoms with E-state index in [9.17, 15) is 4.79 Å². The summed E-state index contributed by atoms with van der Waals surface area (Å²) in [6.45, 7) is 4.25. The van der Waals surface area contributed by atoms with Gasteiger partial charge in [-0.2, -0.15) is 0 Å². The zero-order chi connectivity index (χ0) is 19.7. The summed E-state index contributed by atoms with van der Waals surface area (Å²) in [5, 5.41) is 0.718. The number of allylic oxidation sites excluding steroid dienone is 3. The predicted octanol–water partition coefficient (Wildman–Crippen LogP) is 5.48. The van der Waals surface area contributed by atoms with Crippen LogP contribution in [-0.2, 0) is 12.0 Å². The molecule has 0 saturated heterocycles. The summed E-state index contributed by atoms with van der Waals surface area (Å²) >= 11 is 6.06. The van der Waals surface area contributed by atoms with Gasteiger partial charge >= 0.3 is 0 Å². The largest absolute Gasteiger partial charge is 0.326 e. The van der Waals surface area contributed by atoms with Crippen LogP contribution in [0.5, 0.6) is 0 Å². The Bertz CT molecular complexity index is 1090. The molecule has 2 aromatic rings. The van der Waals surface area contributed by atoms with Crippen LogP contribution in [0.15, 0.2) is 75.6 Å². The first-order valence-corrected chi connectivity index (χ1v) is 9.94. The van der Waals surface area contributed by atoms with Crippen molar-refractivity contribution in [1.29, 1.82) is 0 Å². The third kappa shape index (κ3) is 3.31. The fraction of sp³-hybridized carbons (Fsp3) is 0.250. The number of aromatic amines is 1. The van der Waals surface area contributed by atoms with Crippen LogP contribution in [0.4, 0.5) is 0 Å². The van der Waals surface area contributed by atoms with Gasteiger partial charge in [-0.3, -0.25) is 9.79 Å². The van der Waals surface area contributed by atoms with E-state index in [1.54, 1.807) is 6.07 Å². The molecule has 3 nitrogen and oxygen atoms in total. The van der Waals surface area contributed by atoms with Gasteiger partial charge < -0.3 is 4.98 Å². The third-order valence-corrected chi connectivity index (χ3v) is 5.83. The molecule has 0 fully saturated rings. The molecule has 142 valence electrons. The monoisotopic (exact) mass is 390 g/mol. The highest BCUT2D eigenvalue weighted by atomic mass is 35.5. The molecular formula is C24H23ClN2O. The molecule has 2 atom stereocenters. The van der Waals surface area contributed by atoms with Crippen LogP contribution in [0, 0.1) is 5.92 Å². The number of hydrogen-bond donors (Lipinski definition) is 1. The van der Waals surface area contributed by atoms with Crippen LogP contribution in [-0.4, -0.2) is 11.2 Å². The van der Waals surface area contributed by atoms with E-state index >= 15 is 0 Å². The van der Waals surface area contributed by atoms with E-state index in [2.05, 4.69) is 31.0 Å². The number of hydrogen-bond acceptors (Lipinski definition) is 2. The molecule has 0 radical (unpaired) electrons. The second-order valence-corrected chi connectivity index (χ2v) is 7.95. The molecule has 0 saturated carbocycles. The minimum atomic E-state index is -0.450. The Hall–Kier alpha value is -2.65. The van der Waals surface area contributed by atoms with Crippen LogP contribution in [0.2, 0.25) is 5.02 Å². The fourth-order valence-electron chi connectivity index (χ4n) is 4.59. The Labute approximate surface area is 170 Å². The van der Waals surface area contributed by atoms with Gasteiger partial charge in [0.2, 0.25) is 5.56 Å². The van der Waals surface area contributed by atoms with Crippen molar-refractivity contribution in [2.75, 3.05) is 0 Å². The van der Waals surface area contributed by atoms with Crippen molar-refractivity contribution >= 4 is 23.9 Å². The molecule has 1 aromatic carbocycles. The summed E-state index contributed by atoms with van der Waals surface area (Å²) in [5.74, 6) is 0.276. The molecule has 28 heavy (non-hydrogen) atoms. The third-order valence-electron chi connectivity index (χ3n) is 5.60. The number of H-pyrrole nitrogens is 1. The van der Waals surface area contributed by atoms with Crippen molar-refractivity contribution in [3.63, 3.8) is 0 Å². The molecule has 2 aliphatic rings. The average molecular weight is 391 g/mol. The molecule has 2 aliphatic carbocycles. The van der Waals surface area contributed by atoms with Crippen molar-refractivity contribution in [3.8, 4) is 0 Å². The SMILES string of the molecule is CC=C1[C@H]2C=C(C)C[C@]1(N=CC=Cc1cccc(Cl)c1)c1ccc(=O)[nH]c1C2. The molecule has 0 amide bonds. The molecule has 4 rings (SSSR count). The van der Waals surface area contributed by atoms with Crippen LogP contribution >= 0.6 is 11.6 Å². The molecule has 0 unspecified atom stereocenters. The Balaban J connectivity index is 1.77. The summed E-state index contributed by atoms with van der Waals surface area (Å²) in [4.78, 5) is 20.0.